The number of cyclic esters (lactones) is 1. The van der Waals surface area contributed by atoms with Gasteiger partial charge in [0.05, 0.1) is 0 Å². The Balaban J connectivity index is 1.41. The molecule has 0 aromatic rings. The highest BCUT2D eigenvalue weighted by atomic mass is 16.7. The monoisotopic (exact) mass is 292 g/mol. The van der Waals surface area contributed by atoms with Crippen molar-refractivity contribution >= 4 is 5.97 Å². The van der Waals surface area contributed by atoms with Crippen LogP contribution in [0.3, 0.4) is 0 Å². The van der Waals surface area contributed by atoms with Crippen molar-refractivity contribution in [3.05, 3.63) is 24.3 Å². The largest absolute Gasteiger partial charge is 0.457 e. The van der Waals surface area contributed by atoms with Crippen molar-refractivity contribution in [3.8, 4) is 0 Å². The van der Waals surface area contributed by atoms with E-state index in [-0.39, 0.29) is 24.3 Å². The molecule has 2 rings (SSSR count). The van der Waals surface area contributed by atoms with Gasteiger partial charge in [0.15, 0.2) is 6.10 Å². The summed E-state index contributed by atoms with van der Waals surface area (Å²) in [4.78, 5) is 11.2. The maximum Gasteiger partial charge on any atom is 0.338 e. The normalized spacial score (nSPS) is 27.5. The molecule has 0 saturated carbocycles. The molecule has 0 radical (unpaired) electrons. The van der Waals surface area contributed by atoms with Gasteiger partial charge in [-0.05, 0) is 32.1 Å². The Labute approximate surface area is 128 Å². The van der Waals surface area contributed by atoms with Crippen LogP contribution >= 0.6 is 0 Å². The molecule has 2 aliphatic rings. The van der Waals surface area contributed by atoms with E-state index < -0.39 is 0 Å². The SMILES string of the molecule is CCCCCCC/C=C/C/C=C/CC[C@H]1OC(=O)[C@@H]2O[C@H]12. The minimum absolute atomic E-state index is 0.00851. The van der Waals surface area contributed by atoms with Gasteiger partial charge in [-0.25, -0.2) is 4.79 Å². The zero-order valence-electron chi connectivity index (χ0n) is 13.1. The summed E-state index contributed by atoms with van der Waals surface area (Å²) in [6, 6.07) is 0. The fraction of sp³-hybridized carbons (Fsp3) is 0.722. The highest BCUT2D eigenvalue weighted by Crippen LogP contribution is 2.37. The Kier molecular flexibility index (Phi) is 7.01. The van der Waals surface area contributed by atoms with Gasteiger partial charge in [-0.2, -0.15) is 0 Å². The van der Waals surface area contributed by atoms with Gasteiger partial charge >= 0.3 is 5.97 Å². The quantitative estimate of drug-likeness (QED) is 0.246. The van der Waals surface area contributed by atoms with E-state index in [1.165, 1.54) is 38.5 Å². The summed E-state index contributed by atoms with van der Waals surface area (Å²) in [6.07, 6.45) is 19.5. The van der Waals surface area contributed by atoms with E-state index in [1.807, 2.05) is 0 Å². The molecule has 21 heavy (non-hydrogen) atoms. The second-order valence-corrected chi connectivity index (χ2v) is 5.96. The molecule has 3 heteroatoms. The summed E-state index contributed by atoms with van der Waals surface area (Å²) in [5.74, 6) is -0.171. The molecule has 0 aromatic carbocycles. The van der Waals surface area contributed by atoms with Crippen molar-refractivity contribution < 1.29 is 14.3 Å². The first kappa shape index (κ1) is 16.3. The lowest BCUT2D eigenvalue weighted by Crippen LogP contribution is -2.15. The summed E-state index contributed by atoms with van der Waals surface area (Å²) in [7, 11) is 0. The van der Waals surface area contributed by atoms with Crippen LogP contribution in [-0.2, 0) is 14.3 Å². The lowest BCUT2D eigenvalue weighted by molar-refractivity contribution is -0.149. The summed E-state index contributed by atoms with van der Waals surface area (Å²) in [5.41, 5.74) is 0. The van der Waals surface area contributed by atoms with Crippen LogP contribution in [0, 0.1) is 0 Å². The maximum absolute atomic E-state index is 11.2. The van der Waals surface area contributed by atoms with E-state index >= 15 is 0 Å². The van der Waals surface area contributed by atoms with Crippen LogP contribution in [-0.4, -0.2) is 24.3 Å². The van der Waals surface area contributed by atoms with E-state index in [1.54, 1.807) is 0 Å². The molecule has 0 aromatic heterocycles. The third kappa shape index (κ3) is 5.66. The fourth-order valence-corrected chi connectivity index (χ4v) is 2.74. The van der Waals surface area contributed by atoms with Gasteiger partial charge in [-0.1, -0.05) is 56.9 Å². The number of fused-ring (bicyclic) bond motifs is 1. The molecule has 3 atom stereocenters. The average Bonchev–Trinajstić information content (AvgIpc) is 3.22. The van der Waals surface area contributed by atoms with Crippen molar-refractivity contribution in [1.29, 1.82) is 0 Å². The lowest BCUT2D eigenvalue weighted by Gasteiger charge is -2.08. The zero-order chi connectivity index (χ0) is 14.9. The van der Waals surface area contributed by atoms with Gasteiger partial charge in [0.2, 0.25) is 0 Å². The van der Waals surface area contributed by atoms with Crippen LogP contribution in [0.15, 0.2) is 24.3 Å². The van der Waals surface area contributed by atoms with Crippen LogP contribution < -0.4 is 0 Å². The molecule has 2 saturated heterocycles. The van der Waals surface area contributed by atoms with Gasteiger partial charge in [-0.15, -0.1) is 0 Å². The second-order valence-electron chi connectivity index (χ2n) is 5.96. The zero-order valence-corrected chi connectivity index (χ0v) is 13.1. The van der Waals surface area contributed by atoms with E-state index in [2.05, 4.69) is 31.2 Å². The molecule has 0 spiro atoms. The van der Waals surface area contributed by atoms with E-state index in [4.69, 9.17) is 9.47 Å². The topological polar surface area (TPSA) is 38.8 Å². The first-order valence-corrected chi connectivity index (χ1v) is 8.49. The highest BCUT2D eigenvalue weighted by molar-refractivity contribution is 5.81. The minimum atomic E-state index is -0.237. The Bertz CT molecular complexity index is 373. The first-order valence-electron chi connectivity index (χ1n) is 8.49. The predicted molar refractivity (Wildman–Crippen MR) is 84.0 cm³/mol. The molecular weight excluding hydrogens is 264 g/mol. The van der Waals surface area contributed by atoms with E-state index in [0.29, 0.717) is 0 Å². The van der Waals surface area contributed by atoms with E-state index in [9.17, 15) is 4.79 Å². The lowest BCUT2D eigenvalue weighted by atomic mass is 10.1. The number of esters is 1. The molecule has 0 bridgehead atoms. The van der Waals surface area contributed by atoms with Crippen molar-refractivity contribution in [1.82, 2.24) is 0 Å². The number of carbonyl (C=O) groups excluding carboxylic acids is 1. The number of hydrogen-bond acceptors (Lipinski definition) is 3. The smallest absolute Gasteiger partial charge is 0.338 e. The number of epoxide rings is 1. The molecule has 2 aliphatic heterocycles. The van der Waals surface area contributed by atoms with Crippen LogP contribution in [0.5, 0.6) is 0 Å². The van der Waals surface area contributed by atoms with Crippen molar-refractivity contribution in [2.24, 2.45) is 0 Å². The van der Waals surface area contributed by atoms with Crippen molar-refractivity contribution in [3.63, 3.8) is 0 Å². The Morgan fingerprint density at radius 3 is 2.43 bits per heavy atom. The Morgan fingerprint density at radius 1 is 1.00 bits per heavy atom. The Hall–Kier alpha value is -1.09. The van der Waals surface area contributed by atoms with Crippen molar-refractivity contribution in [2.45, 2.75) is 83.0 Å². The predicted octanol–water partition coefficient (Wildman–Crippen LogP) is 4.32. The average molecular weight is 292 g/mol. The van der Waals surface area contributed by atoms with Crippen LogP contribution in [0.1, 0.15) is 64.7 Å². The molecule has 118 valence electrons. The molecule has 0 unspecified atom stereocenters. The maximum atomic E-state index is 11.2. The van der Waals surface area contributed by atoms with Crippen LogP contribution in [0.25, 0.3) is 0 Å². The van der Waals surface area contributed by atoms with Crippen molar-refractivity contribution in [2.75, 3.05) is 0 Å². The van der Waals surface area contributed by atoms with E-state index in [0.717, 1.165) is 19.3 Å². The highest BCUT2D eigenvalue weighted by Gasteiger charge is 2.58. The van der Waals surface area contributed by atoms with Gasteiger partial charge in [-0.3, -0.25) is 0 Å². The van der Waals surface area contributed by atoms with Crippen LogP contribution in [0.2, 0.25) is 0 Å². The number of ether oxygens (including phenoxy) is 2. The number of unbranched alkanes of at least 4 members (excludes halogenated alkanes) is 5. The summed E-state index contributed by atoms with van der Waals surface area (Å²) in [5, 5.41) is 0. The molecule has 0 N–H and O–H groups in total. The summed E-state index contributed by atoms with van der Waals surface area (Å²) >= 11 is 0. The van der Waals surface area contributed by atoms with Gasteiger partial charge in [0.1, 0.15) is 12.2 Å². The second kappa shape index (κ2) is 9.04. The molecular formula is C18H28O3. The molecule has 0 aliphatic carbocycles. The minimum Gasteiger partial charge on any atom is -0.457 e. The molecule has 3 nitrogen and oxygen atoms in total. The third-order valence-corrected chi connectivity index (χ3v) is 4.09. The number of carbonyl (C=O) groups is 1. The summed E-state index contributed by atoms with van der Waals surface area (Å²) < 4.78 is 10.4. The first-order chi connectivity index (χ1) is 10.3. The number of rotatable bonds is 11. The van der Waals surface area contributed by atoms with Gasteiger partial charge in [0.25, 0.3) is 0 Å². The van der Waals surface area contributed by atoms with Gasteiger partial charge < -0.3 is 9.47 Å². The summed E-state index contributed by atoms with van der Waals surface area (Å²) in [6.45, 7) is 2.25. The Morgan fingerprint density at radius 2 is 1.76 bits per heavy atom. The fourth-order valence-electron chi connectivity index (χ4n) is 2.74. The van der Waals surface area contributed by atoms with Crippen LogP contribution in [0.4, 0.5) is 0 Å². The molecule has 2 fully saturated rings. The standard InChI is InChI=1S/C18H28O3/c1-2-3-4-5-6-7-8-9-10-11-12-13-14-15-16-17(21-16)18(19)20-15/h8-9,11-12,15-17H,2-7,10,13-14H2,1H3/b9-8+,12-11+/t15-,16-,17-/m1/s1. The number of allylic oxidation sites excluding steroid dienone is 4. The third-order valence-electron chi connectivity index (χ3n) is 4.09. The molecule has 0 amide bonds. The molecule has 2 heterocycles. The van der Waals surface area contributed by atoms with Gasteiger partial charge in [0, 0.05) is 0 Å². The number of hydrogen-bond donors (Lipinski definition) is 0.